The molecule has 0 aliphatic carbocycles. The number of hydrogen-bond donors (Lipinski definition) is 1. The Morgan fingerprint density at radius 3 is 2.89 bits per heavy atom. The smallest absolute Gasteiger partial charge is 0.254 e. The topological polar surface area (TPSA) is 55.0 Å². The maximum atomic E-state index is 11.9. The summed E-state index contributed by atoms with van der Waals surface area (Å²) < 4.78 is 5.19. The van der Waals surface area contributed by atoms with E-state index in [-0.39, 0.29) is 5.56 Å². The first-order chi connectivity index (χ1) is 9.17. The van der Waals surface area contributed by atoms with Gasteiger partial charge in [-0.25, -0.2) is 4.98 Å². The van der Waals surface area contributed by atoms with Gasteiger partial charge in [-0.3, -0.25) is 4.79 Å². The normalized spacial score (nSPS) is 10.5. The van der Waals surface area contributed by atoms with E-state index in [0.29, 0.717) is 28.5 Å². The number of H-pyrrole nitrogens is 1. The van der Waals surface area contributed by atoms with Crippen molar-refractivity contribution in [2.75, 3.05) is 7.11 Å². The standard InChI is InChI=1S/C14H15ClN2O2/c1-3-4-10-13(16-8-17-14(10)18)9-5-6-11(15)12(7-9)19-2/h5-8H,3-4H2,1-2H3,(H,16,17,18). The molecule has 2 aromatic rings. The first-order valence-electron chi connectivity index (χ1n) is 6.07. The van der Waals surface area contributed by atoms with Gasteiger partial charge in [0.05, 0.1) is 24.2 Å². The molecule has 0 aliphatic heterocycles. The number of rotatable bonds is 4. The van der Waals surface area contributed by atoms with Gasteiger partial charge in [0.15, 0.2) is 0 Å². The molecule has 1 heterocycles. The van der Waals surface area contributed by atoms with Crippen molar-refractivity contribution < 1.29 is 4.74 Å². The molecule has 0 unspecified atom stereocenters. The van der Waals surface area contributed by atoms with E-state index in [1.54, 1.807) is 19.2 Å². The molecular weight excluding hydrogens is 264 g/mol. The first kappa shape index (κ1) is 13.6. The van der Waals surface area contributed by atoms with Crippen LogP contribution in [0.1, 0.15) is 18.9 Å². The van der Waals surface area contributed by atoms with Crippen molar-refractivity contribution in [1.82, 2.24) is 9.97 Å². The molecule has 0 saturated heterocycles. The Kier molecular flexibility index (Phi) is 4.22. The van der Waals surface area contributed by atoms with Gasteiger partial charge in [0.2, 0.25) is 0 Å². The van der Waals surface area contributed by atoms with Crippen LogP contribution < -0.4 is 10.3 Å². The van der Waals surface area contributed by atoms with E-state index in [4.69, 9.17) is 16.3 Å². The molecular formula is C14H15ClN2O2. The molecule has 0 fully saturated rings. The summed E-state index contributed by atoms with van der Waals surface area (Å²) in [6.07, 6.45) is 2.98. The maximum Gasteiger partial charge on any atom is 0.254 e. The largest absolute Gasteiger partial charge is 0.495 e. The fraction of sp³-hybridized carbons (Fsp3) is 0.286. The molecule has 0 radical (unpaired) electrons. The van der Waals surface area contributed by atoms with Crippen LogP contribution in [0.5, 0.6) is 5.75 Å². The summed E-state index contributed by atoms with van der Waals surface area (Å²) in [7, 11) is 1.56. The maximum absolute atomic E-state index is 11.9. The lowest BCUT2D eigenvalue weighted by Crippen LogP contribution is -2.14. The molecule has 4 nitrogen and oxygen atoms in total. The monoisotopic (exact) mass is 278 g/mol. The molecule has 2 rings (SSSR count). The van der Waals surface area contributed by atoms with Gasteiger partial charge in [0.1, 0.15) is 5.75 Å². The van der Waals surface area contributed by atoms with E-state index in [1.807, 2.05) is 13.0 Å². The zero-order valence-corrected chi connectivity index (χ0v) is 11.6. The van der Waals surface area contributed by atoms with Crippen LogP contribution in [0.2, 0.25) is 5.02 Å². The molecule has 5 heteroatoms. The zero-order valence-electron chi connectivity index (χ0n) is 10.9. The third-order valence-electron chi connectivity index (χ3n) is 2.87. The molecule has 0 aliphatic rings. The van der Waals surface area contributed by atoms with E-state index in [2.05, 4.69) is 9.97 Å². The predicted octanol–water partition coefficient (Wildman–Crippen LogP) is 3.05. The highest BCUT2D eigenvalue weighted by molar-refractivity contribution is 6.32. The molecule has 1 aromatic heterocycles. The van der Waals surface area contributed by atoms with Crippen LogP contribution >= 0.6 is 11.6 Å². The van der Waals surface area contributed by atoms with Crippen LogP contribution in [0.4, 0.5) is 0 Å². The highest BCUT2D eigenvalue weighted by atomic mass is 35.5. The lowest BCUT2D eigenvalue weighted by Gasteiger charge is -2.09. The number of benzene rings is 1. The molecule has 0 atom stereocenters. The van der Waals surface area contributed by atoms with Crippen LogP contribution in [-0.2, 0) is 6.42 Å². The number of ether oxygens (including phenoxy) is 1. The Bertz CT molecular complexity index is 638. The van der Waals surface area contributed by atoms with E-state index in [0.717, 1.165) is 12.0 Å². The van der Waals surface area contributed by atoms with Crippen LogP contribution in [0.3, 0.4) is 0 Å². The summed E-state index contributed by atoms with van der Waals surface area (Å²) in [5.74, 6) is 0.573. The van der Waals surface area contributed by atoms with E-state index in [9.17, 15) is 4.79 Å². The quantitative estimate of drug-likeness (QED) is 0.935. The molecule has 0 amide bonds. The Labute approximate surface area is 116 Å². The molecule has 0 bridgehead atoms. The summed E-state index contributed by atoms with van der Waals surface area (Å²) in [5.41, 5.74) is 2.10. The number of aromatic amines is 1. The second kappa shape index (κ2) is 5.89. The van der Waals surface area contributed by atoms with E-state index >= 15 is 0 Å². The van der Waals surface area contributed by atoms with Gasteiger partial charge in [-0.05, 0) is 18.6 Å². The number of hydrogen-bond acceptors (Lipinski definition) is 3. The summed E-state index contributed by atoms with van der Waals surface area (Å²) in [5, 5.41) is 0.535. The Morgan fingerprint density at radius 2 is 2.21 bits per heavy atom. The number of halogens is 1. The van der Waals surface area contributed by atoms with E-state index in [1.165, 1.54) is 6.33 Å². The fourth-order valence-electron chi connectivity index (χ4n) is 1.97. The average molecular weight is 279 g/mol. The van der Waals surface area contributed by atoms with Gasteiger partial charge in [-0.15, -0.1) is 0 Å². The van der Waals surface area contributed by atoms with Crippen molar-refractivity contribution in [1.29, 1.82) is 0 Å². The summed E-state index contributed by atoms with van der Waals surface area (Å²) in [6, 6.07) is 5.38. The Balaban J connectivity index is 2.58. The van der Waals surface area contributed by atoms with Crippen molar-refractivity contribution in [3.63, 3.8) is 0 Å². The molecule has 0 spiro atoms. The molecule has 19 heavy (non-hydrogen) atoms. The number of methoxy groups -OCH3 is 1. The third-order valence-corrected chi connectivity index (χ3v) is 3.19. The molecule has 1 aromatic carbocycles. The van der Waals surface area contributed by atoms with Gasteiger partial charge in [-0.2, -0.15) is 0 Å². The van der Waals surface area contributed by atoms with Crippen LogP contribution in [0, 0.1) is 0 Å². The zero-order chi connectivity index (χ0) is 13.8. The van der Waals surface area contributed by atoms with Crippen molar-refractivity contribution in [2.45, 2.75) is 19.8 Å². The third kappa shape index (κ3) is 2.79. The average Bonchev–Trinajstić information content (AvgIpc) is 2.42. The SMILES string of the molecule is CCCc1c(-c2ccc(Cl)c(OC)c2)nc[nH]c1=O. The second-order valence-electron chi connectivity index (χ2n) is 4.16. The van der Waals surface area contributed by atoms with Crippen molar-refractivity contribution in [3.05, 3.63) is 45.5 Å². The lowest BCUT2D eigenvalue weighted by atomic mass is 10.0. The van der Waals surface area contributed by atoms with Gasteiger partial charge < -0.3 is 9.72 Å². The van der Waals surface area contributed by atoms with Gasteiger partial charge in [-0.1, -0.05) is 31.0 Å². The number of nitrogens with zero attached hydrogens (tertiary/aromatic N) is 1. The highest BCUT2D eigenvalue weighted by Crippen LogP contribution is 2.30. The summed E-state index contributed by atoms with van der Waals surface area (Å²) in [6.45, 7) is 2.03. The molecule has 0 saturated carbocycles. The van der Waals surface area contributed by atoms with Gasteiger partial charge in [0.25, 0.3) is 5.56 Å². The van der Waals surface area contributed by atoms with Crippen LogP contribution in [0.25, 0.3) is 11.3 Å². The Hall–Kier alpha value is -1.81. The van der Waals surface area contributed by atoms with Gasteiger partial charge >= 0.3 is 0 Å². The minimum absolute atomic E-state index is 0.0965. The molecule has 100 valence electrons. The fourth-order valence-corrected chi connectivity index (χ4v) is 2.16. The van der Waals surface area contributed by atoms with Gasteiger partial charge in [0, 0.05) is 11.1 Å². The molecule has 1 N–H and O–H groups in total. The minimum Gasteiger partial charge on any atom is -0.495 e. The lowest BCUT2D eigenvalue weighted by molar-refractivity contribution is 0.415. The van der Waals surface area contributed by atoms with E-state index < -0.39 is 0 Å². The predicted molar refractivity (Wildman–Crippen MR) is 75.9 cm³/mol. The van der Waals surface area contributed by atoms with Crippen LogP contribution in [0.15, 0.2) is 29.3 Å². The second-order valence-corrected chi connectivity index (χ2v) is 4.57. The van der Waals surface area contributed by atoms with Crippen LogP contribution in [-0.4, -0.2) is 17.1 Å². The highest BCUT2D eigenvalue weighted by Gasteiger charge is 2.12. The van der Waals surface area contributed by atoms with Crippen molar-refractivity contribution in [3.8, 4) is 17.0 Å². The summed E-state index contributed by atoms with van der Waals surface area (Å²) in [4.78, 5) is 18.8. The summed E-state index contributed by atoms with van der Waals surface area (Å²) >= 11 is 6.00. The number of aromatic nitrogens is 2. The number of nitrogens with one attached hydrogen (secondary N) is 1. The van der Waals surface area contributed by atoms with Crippen molar-refractivity contribution in [2.24, 2.45) is 0 Å². The minimum atomic E-state index is -0.0965. The first-order valence-corrected chi connectivity index (χ1v) is 6.45. The van der Waals surface area contributed by atoms with Crippen molar-refractivity contribution >= 4 is 11.6 Å². The Morgan fingerprint density at radius 1 is 1.42 bits per heavy atom.